The van der Waals surface area contributed by atoms with Crippen molar-refractivity contribution in [1.29, 1.82) is 0 Å². The molecule has 2 rings (SSSR count). The van der Waals surface area contributed by atoms with Crippen LogP contribution in [0.25, 0.3) is 0 Å². The van der Waals surface area contributed by atoms with E-state index in [4.69, 9.17) is 14.2 Å². The van der Waals surface area contributed by atoms with Crippen LogP contribution >= 0.6 is 0 Å². The van der Waals surface area contributed by atoms with E-state index >= 15 is 0 Å². The maximum Gasteiger partial charge on any atom is 0.410 e. The molecule has 0 radical (unpaired) electrons. The minimum Gasteiger partial charge on any atom is -0.445 e. The van der Waals surface area contributed by atoms with Gasteiger partial charge in [0.2, 0.25) is 0 Å². The van der Waals surface area contributed by atoms with Gasteiger partial charge in [0.1, 0.15) is 12.2 Å². The fourth-order valence-electron chi connectivity index (χ4n) is 2.48. The lowest BCUT2D eigenvalue weighted by molar-refractivity contribution is -0.0514. The number of hydrogen-bond donors (Lipinski definition) is 1. The lowest BCUT2D eigenvalue weighted by Crippen LogP contribution is -2.54. The Bertz CT molecular complexity index is 594. The van der Waals surface area contributed by atoms with Gasteiger partial charge in [0.15, 0.2) is 0 Å². The topological polar surface area (TPSA) is 77.1 Å². The SMILES string of the molecule is CC(C)(C)OC(=O)NCCCCOC1CN(C(=O)OCc2ccccc2)C1. The summed E-state index contributed by atoms with van der Waals surface area (Å²) in [6, 6.07) is 9.61. The Hall–Kier alpha value is -2.28. The van der Waals surface area contributed by atoms with E-state index in [1.54, 1.807) is 4.90 Å². The summed E-state index contributed by atoms with van der Waals surface area (Å²) in [5, 5.41) is 2.72. The Morgan fingerprint density at radius 3 is 2.52 bits per heavy atom. The van der Waals surface area contributed by atoms with Crippen LogP contribution in [-0.4, -0.2) is 55.0 Å². The van der Waals surface area contributed by atoms with Crippen LogP contribution in [0.4, 0.5) is 9.59 Å². The van der Waals surface area contributed by atoms with E-state index in [9.17, 15) is 9.59 Å². The van der Waals surface area contributed by atoms with Crippen molar-refractivity contribution in [1.82, 2.24) is 10.2 Å². The molecular formula is C20H30N2O5. The number of ether oxygens (including phenoxy) is 3. The molecule has 1 aliphatic heterocycles. The molecule has 1 aromatic carbocycles. The number of hydrogen-bond acceptors (Lipinski definition) is 5. The second-order valence-corrected chi connectivity index (χ2v) is 7.57. The van der Waals surface area contributed by atoms with Crippen molar-refractivity contribution in [3.05, 3.63) is 35.9 Å². The standard InChI is InChI=1S/C20H30N2O5/c1-20(2,3)27-18(23)21-11-7-8-12-25-17-13-22(14-17)19(24)26-15-16-9-5-4-6-10-16/h4-6,9-10,17H,7-8,11-15H2,1-3H3,(H,21,23). The molecular weight excluding hydrogens is 348 g/mol. The van der Waals surface area contributed by atoms with E-state index in [-0.39, 0.29) is 18.8 Å². The van der Waals surface area contributed by atoms with Gasteiger partial charge in [0, 0.05) is 13.2 Å². The summed E-state index contributed by atoms with van der Waals surface area (Å²) in [4.78, 5) is 25.0. The van der Waals surface area contributed by atoms with Crippen LogP contribution in [0.1, 0.15) is 39.2 Å². The highest BCUT2D eigenvalue weighted by molar-refractivity contribution is 5.68. The first-order chi connectivity index (χ1) is 12.8. The first kappa shape index (κ1) is 21.0. The summed E-state index contributed by atoms with van der Waals surface area (Å²) in [7, 11) is 0. The first-order valence-corrected chi connectivity index (χ1v) is 9.37. The summed E-state index contributed by atoms with van der Waals surface area (Å²) in [5.74, 6) is 0. The van der Waals surface area contributed by atoms with Gasteiger partial charge in [-0.15, -0.1) is 0 Å². The lowest BCUT2D eigenvalue weighted by Gasteiger charge is -2.37. The van der Waals surface area contributed by atoms with Gasteiger partial charge in [0.05, 0.1) is 19.2 Å². The van der Waals surface area contributed by atoms with Crippen LogP contribution in [-0.2, 0) is 20.8 Å². The Kier molecular flexibility index (Phi) is 7.91. The van der Waals surface area contributed by atoms with Crippen molar-refractivity contribution in [2.45, 2.75) is 51.9 Å². The monoisotopic (exact) mass is 378 g/mol. The highest BCUT2D eigenvalue weighted by atomic mass is 16.6. The summed E-state index contributed by atoms with van der Waals surface area (Å²) >= 11 is 0. The maximum atomic E-state index is 11.9. The van der Waals surface area contributed by atoms with Gasteiger partial charge < -0.3 is 24.4 Å². The van der Waals surface area contributed by atoms with Gasteiger partial charge in [-0.3, -0.25) is 0 Å². The molecule has 7 nitrogen and oxygen atoms in total. The van der Waals surface area contributed by atoms with E-state index in [0.29, 0.717) is 26.2 Å². The van der Waals surface area contributed by atoms with E-state index in [0.717, 1.165) is 18.4 Å². The van der Waals surface area contributed by atoms with Crippen LogP contribution in [0.15, 0.2) is 30.3 Å². The second-order valence-electron chi connectivity index (χ2n) is 7.57. The summed E-state index contributed by atoms with van der Waals surface area (Å²) in [6.07, 6.45) is 1.01. The normalized spacial score (nSPS) is 14.4. The summed E-state index contributed by atoms with van der Waals surface area (Å²) < 4.78 is 16.2. The van der Waals surface area contributed by atoms with Gasteiger partial charge in [-0.25, -0.2) is 9.59 Å². The predicted molar refractivity (Wildman–Crippen MR) is 101 cm³/mol. The Balaban J connectivity index is 1.45. The number of rotatable bonds is 8. The van der Waals surface area contributed by atoms with E-state index in [1.807, 2.05) is 51.1 Å². The van der Waals surface area contributed by atoms with Crippen molar-refractivity contribution >= 4 is 12.2 Å². The number of nitrogens with one attached hydrogen (secondary N) is 1. The zero-order valence-electron chi connectivity index (χ0n) is 16.4. The molecule has 1 aromatic rings. The van der Waals surface area contributed by atoms with Gasteiger partial charge in [0.25, 0.3) is 0 Å². The highest BCUT2D eigenvalue weighted by Gasteiger charge is 2.32. The molecule has 0 aliphatic carbocycles. The summed E-state index contributed by atoms with van der Waals surface area (Å²) in [5.41, 5.74) is 0.491. The molecule has 0 atom stereocenters. The number of unbranched alkanes of at least 4 members (excludes halogenated alkanes) is 1. The zero-order chi connectivity index (χ0) is 19.7. The molecule has 0 bridgehead atoms. The molecule has 1 saturated heterocycles. The van der Waals surface area contributed by atoms with Crippen LogP contribution < -0.4 is 5.32 Å². The van der Waals surface area contributed by atoms with Crippen LogP contribution in [0.3, 0.4) is 0 Å². The molecule has 27 heavy (non-hydrogen) atoms. The van der Waals surface area contributed by atoms with Crippen molar-refractivity contribution in [3.8, 4) is 0 Å². The summed E-state index contributed by atoms with van der Waals surface area (Å²) in [6.45, 7) is 8.06. The molecule has 1 N–H and O–H groups in total. The fourth-order valence-corrected chi connectivity index (χ4v) is 2.48. The second kappa shape index (κ2) is 10.2. The van der Waals surface area contributed by atoms with E-state index in [1.165, 1.54) is 0 Å². The number of amides is 2. The van der Waals surface area contributed by atoms with Crippen molar-refractivity contribution in [2.75, 3.05) is 26.2 Å². The van der Waals surface area contributed by atoms with Gasteiger partial charge in [-0.05, 0) is 39.2 Å². The average molecular weight is 378 g/mol. The van der Waals surface area contributed by atoms with Crippen molar-refractivity contribution in [2.24, 2.45) is 0 Å². The van der Waals surface area contributed by atoms with Gasteiger partial charge in [-0.1, -0.05) is 30.3 Å². The van der Waals surface area contributed by atoms with Crippen LogP contribution in [0.2, 0.25) is 0 Å². The smallest absolute Gasteiger partial charge is 0.410 e. The largest absolute Gasteiger partial charge is 0.445 e. The molecule has 0 spiro atoms. The molecule has 0 unspecified atom stereocenters. The number of alkyl carbamates (subject to hydrolysis) is 1. The maximum absolute atomic E-state index is 11.9. The highest BCUT2D eigenvalue weighted by Crippen LogP contribution is 2.14. The minimum absolute atomic E-state index is 0.0630. The van der Waals surface area contributed by atoms with E-state index < -0.39 is 11.7 Å². The van der Waals surface area contributed by atoms with Crippen molar-refractivity contribution in [3.63, 3.8) is 0 Å². The molecule has 2 amide bonds. The number of carbonyl (C=O) groups excluding carboxylic acids is 2. The third kappa shape index (κ3) is 8.30. The Morgan fingerprint density at radius 1 is 1.15 bits per heavy atom. The van der Waals surface area contributed by atoms with Crippen LogP contribution in [0.5, 0.6) is 0 Å². The minimum atomic E-state index is -0.481. The van der Waals surface area contributed by atoms with Gasteiger partial charge in [-0.2, -0.15) is 0 Å². The molecule has 0 saturated carbocycles. The Labute approximate surface area is 161 Å². The molecule has 150 valence electrons. The molecule has 1 fully saturated rings. The number of benzene rings is 1. The Morgan fingerprint density at radius 2 is 1.85 bits per heavy atom. The number of likely N-dealkylation sites (tertiary alicyclic amines) is 1. The number of nitrogens with zero attached hydrogens (tertiary/aromatic N) is 1. The third-order valence-corrected chi connectivity index (χ3v) is 3.90. The van der Waals surface area contributed by atoms with Crippen LogP contribution in [0, 0.1) is 0 Å². The number of carbonyl (C=O) groups is 2. The van der Waals surface area contributed by atoms with Crippen molar-refractivity contribution < 1.29 is 23.8 Å². The average Bonchev–Trinajstić information content (AvgIpc) is 2.56. The fraction of sp³-hybridized carbons (Fsp3) is 0.600. The zero-order valence-corrected chi connectivity index (χ0v) is 16.4. The van der Waals surface area contributed by atoms with E-state index in [2.05, 4.69) is 5.32 Å². The third-order valence-electron chi connectivity index (χ3n) is 3.90. The molecule has 1 heterocycles. The molecule has 7 heteroatoms. The lowest BCUT2D eigenvalue weighted by atomic mass is 10.2. The molecule has 1 aliphatic rings. The molecule has 0 aromatic heterocycles. The quantitative estimate of drug-likeness (QED) is 0.702. The van der Waals surface area contributed by atoms with Gasteiger partial charge >= 0.3 is 12.2 Å². The first-order valence-electron chi connectivity index (χ1n) is 9.37. The predicted octanol–water partition coefficient (Wildman–Crippen LogP) is 3.33.